The van der Waals surface area contributed by atoms with Crippen LogP contribution < -0.4 is 4.57 Å². The van der Waals surface area contributed by atoms with Crippen LogP contribution in [0.3, 0.4) is 0 Å². The van der Waals surface area contributed by atoms with Gasteiger partial charge in [-0.05, 0) is 0 Å². The summed E-state index contributed by atoms with van der Waals surface area (Å²) in [7, 11) is 0. The largest absolute Gasteiger partial charge is 0.309 e. The molecule has 58 valence electrons. The van der Waals surface area contributed by atoms with E-state index in [0.717, 1.165) is 12.3 Å². The van der Waals surface area contributed by atoms with Gasteiger partial charge in [-0.25, -0.2) is 4.39 Å². The van der Waals surface area contributed by atoms with Crippen LogP contribution in [-0.4, -0.2) is 6.61 Å². The highest BCUT2D eigenvalue weighted by Crippen LogP contribution is 2.16. The van der Waals surface area contributed by atoms with Crippen molar-refractivity contribution in [3.8, 4) is 0 Å². The van der Waals surface area contributed by atoms with E-state index in [0.29, 0.717) is 0 Å². The fraction of sp³-hybridized carbons (Fsp3) is 0.375. The number of hydrogen-bond donors (Lipinski definition) is 0. The Kier molecular flexibility index (Phi) is 1.39. The predicted molar refractivity (Wildman–Crippen MR) is 36.3 cm³/mol. The first-order valence-corrected chi connectivity index (χ1v) is 3.56. The summed E-state index contributed by atoms with van der Waals surface area (Å²) in [5.74, 6) is -0.195. The van der Waals surface area contributed by atoms with Crippen molar-refractivity contribution in [1.82, 2.24) is 0 Å². The quantitative estimate of drug-likeness (QED) is 0.434. The smallest absolute Gasteiger partial charge is 0.287 e. The molecule has 0 radical (unpaired) electrons. The van der Waals surface area contributed by atoms with Gasteiger partial charge in [-0.2, -0.15) is 4.57 Å². The van der Waals surface area contributed by atoms with Gasteiger partial charge in [0.2, 0.25) is 0 Å². The molecule has 0 spiro atoms. The molecule has 1 aliphatic rings. The first-order valence-electron chi connectivity index (χ1n) is 3.56. The van der Waals surface area contributed by atoms with Crippen LogP contribution in [0.25, 0.3) is 0 Å². The Hall–Kier alpha value is -0.960. The van der Waals surface area contributed by atoms with Gasteiger partial charge in [0.25, 0.3) is 6.23 Å². The Morgan fingerprint density at radius 3 is 3.00 bits per heavy atom. The second-order valence-corrected chi connectivity index (χ2v) is 2.68. The molecule has 11 heavy (non-hydrogen) atoms. The van der Waals surface area contributed by atoms with Gasteiger partial charge in [-0.3, -0.25) is 0 Å². The predicted octanol–water partition coefficient (Wildman–Crippen LogP) is 0.950. The van der Waals surface area contributed by atoms with Gasteiger partial charge < -0.3 is 4.74 Å². The van der Waals surface area contributed by atoms with Crippen molar-refractivity contribution in [3.05, 3.63) is 29.8 Å². The lowest BCUT2D eigenvalue weighted by atomic mass is 10.3. The number of halogens is 1. The summed E-state index contributed by atoms with van der Waals surface area (Å²) in [6.45, 7) is 2.61. The van der Waals surface area contributed by atoms with Crippen LogP contribution >= 0.6 is 0 Å². The second-order valence-electron chi connectivity index (χ2n) is 2.68. The molecule has 1 aromatic heterocycles. The van der Waals surface area contributed by atoms with Crippen LogP contribution in [0.1, 0.15) is 11.9 Å². The average molecular weight is 154 g/mol. The lowest BCUT2D eigenvalue weighted by Crippen LogP contribution is -2.35. The summed E-state index contributed by atoms with van der Waals surface area (Å²) in [5.41, 5.74) is 0.896. The fourth-order valence-corrected chi connectivity index (χ4v) is 1.12. The Labute approximate surface area is 64.2 Å². The first kappa shape index (κ1) is 6.73. The fourth-order valence-electron chi connectivity index (χ4n) is 1.12. The van der Waals surface area contributed by atoms with E-state index in [1.54, 1.807) is 6.20 Å². The molecule has 1 saturated heterocycles. The van der Waals surface area contributed by atoms with Crippen LogP contribution in [0.4, 0.5) is 4.39 Å². The monoisotopic (exact) mass is 154 g/mol. The highest BCUT2D eigenvalue weighted by Gasteiger charge is 2.34. The molecule has 2 heterocycles. The highest BCUT2D eigenvalue weighted by atomic mass is 19.1. The van der Waals surface area contributed by atoms with Crippen LogP contribution in [0.15, 0.2) is 18.3 Å². The van der Waals surface area contributed by atoms with Crippen molar-refractivity contribution in [2.24, 2.45) is 0 Å². The Bertz CT molecular complexity index is 283. The summed E-state index contributed by atoms with van der Waals surface area (Å²) in [6, 6.07) is 2.94. The summed E-state index contributed by atoms with van der Waals surface area (Å²) in [6.07, 6.45) is 1.86. The molecule has 1 aliphatic heterocycles. The molecule has 1 unspecified atom stereocenters. The molecule has 1 fully saturated rings. The minimum atomic E-state index is -0.195. The van der Waals surface area contributed by atoms with Gasteiger partial charge in [0.1, 0.15) is 12.4 Å². The number of hydrogen-bond acceptors (Lipinski definition) is 1. The van der Waals surface area contributed by atoms with Gasteiger partial charge in [-0.1, -0.05) is 0 Å². The number of nitrogens with zero attached hydrogens (tertiary/aromatic N) is 1. The Morgan fingerprint density at radius 2 is 2.45 bits per heavy atom. The van der Waals surface area contributed by atoms with Crippen LogP contribution in [0, 0.1) is 12.7 Å². The van der Waals surface area contributed by atoms with E-state index in [9.17, 15) is 4.39 Å². The molecule has 1 aromatic rings. The average Bonchev–Trinajstić information content (AvgIpc) is 2.70. The van der Waals surface area contributed by atoms with Crippen molar-refractivity contribution < 1.29 is 13.7 Å². The summed E-state index contributed by atoms with van der Waals surface area (Å²) < 4.78 is 19.6. The number of aryl methyl sites for hydroxylation is 1. The van der Waals surface area contributed by atoms with E-state index >= 15 is 0 Å². The standard InChI is InChI=1S/C8H9FNO/c1-6-4-7(9)2-3-10(6)8-5-11-8/h2-4,8H,5H2,1H3/q+1. The zero-order chi connectivity index (χ0) is 7.84. The van der Waals surface area contributed by atoms with Gasteiger partial charge in [-0.15, -0.1) is 0 Å². The van der Waals surface area contributed by atoms with Crippen molar-refractivity contribution in [2.75, 3.05) is 6.61 Å². The van der Waals surface area contributed by atoms with E-state index in [1.165, 1.54) is 12.1 Å². The maximum absolute atomic E-state index is 12.6. The molecule has 0 aliphatic carbocycles. The maximum atomic E-state index is 12.6. The normalized spacial score (nSPS) is 21.8. The van der Waals surface area contributed by atoms with Crippen molar-refractivity contribution >= 4 is 0 Å². The third-order valence-electron chi connectivity index (χ3n) is 1.77. The topological polar surface area (TPSA) is 16.4 Å². The first-order chi connectivity index (χ1) is 5.27. The molecule has 2 rings (SSSR count). The van der Waals surface area contributed by atoms with Crippen molar-refractivity contribution in [2.45, 2.75) is 13.2 Å². The molecule has 0 N–H and O–H groups in total. The Balaban J connectivity index is 2.39. The molecule has 0 bridgehead atoms. The number of aromatic nitrogens is 1. The van der Waals surface area contributed by atoms with Crippen LogP contribution in [0.2, 0.25) is 0 Å². The van der Waals surface area contributed by atoms with Gasteiger partial charge in [0.15, 0.2) is 11.9 Å². The SMILES string of the molecule is Cc1cc(F)cc[n+]1C1CO1. The number of ether oxygens (including phenoxy) is 1. The van der Waals surface area contributed by atoms with Crippen molar-refractivity contribution in [3.63, 3.8) is 0 Å². The van der Waals surface area contributed by atoms with E-state index in [2.05, 4.69) is 0 Å². The van der Waals surface area contributed by atoms with E-state index in [4.69, 9.17) is 4.74 Å². The second kappa shape index (κ2) is 2.27. The zero-order valence-corrected chi connectivity index (χ0v) is 6.25. The lowest BCUT2D eigenvalue weighted by molar-refractivity contribution is -0.722. The van der Waals surface area contributed by atoms with Crippen LogP contribution in [-0.2, 0) is 4.74 Å². The van der Waals surface area contributed by atoms with Crippen molar-refractivity contribution in [1.29, 1.82) is 0 Å². The molecule has 2 nitrogen and oxygen atoms in total. The van der Waals surface area contributed by atoms with Gasteiger partial charge in [0.05, 0.1) is 0 Å². The van der Waals surface area contributed by atoms with Gasteiger partial charge in [0, 0.05) is 19.1 Å². The van der Waals surface area contributed by atoms with Gasteiger partial charge >= 0.3 is 0 Å². The summed E-state index contributed by atoms with van der Waals surface area (Å²) in [4.78, 5) is 0. The minimum Gasteiger partial charge on any atom is -0.309 e. The maximum Gasteiger partial charge on any atom is 0.287 e. The minimum absolute atomic E-state index is 0.149. The third kappa shape index (κ3) is 1.24. The molecule has 1 atom stereocenters. The highest BCUT2D eigenvalue weighted by molar-refractivity contribution is 4.98. The molecular weight excluding hydrogens is 145 g/mol. The van der Waals surface area contributed by atoms with E-state index < -0.39 is 0 Å². The number of epoxide rings is 1. The lowest BCUT2D eigenvalue weighted by Gasteiger charge is -1.94. The Morgan fingerprint density at radius 1 is 1.73 bits per heavy atom. The molecule has 0 saturated carbocycles. The molecular formula is C8H9FNO+. The number of pyridine rings is 1. The third-order valence-corrected chi connectivity index (χ3v) is 1.77. The molecule has 3 heteroatoms. The number of rotatable bonds is 1. The molecule has 0 amide bonds. The molecule has 0 aromatic carbocycles. The summed E-state index contributed by atoms with van der Waals surface area (Å²) in [5, 5.41) is 0. The summed E-state index contributed by atoms with van der Waals surface area (Å²) >= 11 is 0. The zero-order valence-electron chi connectivity index (χ0n) is 6.25. The van der Waals surface area contributed by atoms with E-state index in [-0.39, 0.29) is 12.0 Å². The van der Waals surface area contributed by atoms with Crippen LogP contribution in [0.5, 0.6) is 0 Å². The van der Waals surface area contributed by atoms with E-state index in [1.807, 2.05) is 11.5 Å².